The molecule has 5 rings (SSSR count). The van der Waals surface area contributed by atoms with E-state index >= 15 is 0 Å². The highest BCUT2D eigenvalue weighted by atomic mass is 16.7. The maximum Gasteiger partial charge on any atom is 0.226 e. The Morgan fingerprint density at radius 3 is 2.68 bits per heavy atom. The molecule has 1 saturated carbocycles. The Labute approximate surface area is 164 Å². The fraction of sp³-hybridized carbons (Fsp3) is 0.762. The molecule has 2 aliphatic carbocycles. The first-order valence-corrected chi connectivity index (χ1v) is 10.4. The lowest BCUT2D eigenvalue weighted by Crippen LogP contribution is -2.52. The van der Waals surface area contributed by atoms with Gasteiger partial charge in [-0.3, -0.25) is 4.79 Å². The lowest BCUT2D eigenvalue weighted by molar-refractivity contribution is -0.177. The molecule has 0 aromatic rings. The molecule has 0 radical (unpaired) electrons. The van der Waals surface area contributed by atoms with E-state index in [1.165, 1.54) is 5.57 Å². The van der Waals surface area contributed by atoms with Gasteiger partial charge in [0.25, 0.3) is 0 Å². The van der Waals surface area contributed by atoms with Crippen molar-refractivity contribution in [1.82, 2.24) is 4.90 Å². The van der Waals surface area contributed by atoms with Crippen molar-refractivity contribution in [2.24, 2.45) is 23.7 Å². The molecule has 3 aliphatic heterocycles. The molecule has 0 bridgehead atoms. The highest BCUT2D eigenvalue weighted by Crippen LogP contribution is 2.55. The summed E-state index contributed by atoms with van der Waals surface area (Å²) in [5, 5.41) is 0. The zero-order chi connectivity index (χ0) is 19.3. The van der Waals surface area contributed by atoms with Gasteiger partial charge in [0.1, 0.15) is 6.10 Å². The Balaban J connectivity index is 1.51. The van der Waals surface area contributed by atoms with E-state index in [1.807, 2.05) is 17.8 Å². The van der Waals surface area contributed by atoms with Crippen molar-refractivity contribution in [2.45, 2.75) is 38.1 Å². The second kappa shape index (κ2) is 6.99. The first-order chi connectivity index (χ1) is 13.6. The van der Waals surface area contributed by atoms with Crippen molar-refractivity contribution in [2.75, 3.05) is 39.5 Å². The van der Waals surface area contributed by atoms with Gasteiger partial charge in [0.2, 0.25) is 5.91 Å². The summed E-state index contributed by atoms with van der Waals surface area (Å²) in [7, 11) is 0. The summed E-state index contributed by atoms with van der Waals surface area (Å²) in [6.07, 6.45) is 4.28. The monoisotopic (exact) mass is 389 g/mol. The van der Waals surface area contributed by atoms with Gasteiger partial charge in [-0.1, -0.05) is 11.6 Å². The van der Waals surface area contributed by atoms with Crippen LogP contribution in [0.15, 0.2) is 17.4 Å². The maximum atomic E-state index is 13.6. The van der Waals surface area contributed by atoms with Crippen molar-refractivity contribution >= 4 is 11.8 Å². The third-order valence-corrected chi connectivity index (χ3v) is 7.12. The predicted octanol–water partition coefficient (Wildman–Crippen LogP) is 1.31. The SMILES string of the molecule is CC1OC(=C=O)C2C=C3CC4(CC[C@H]3[C@H](C(=O)N3CCOCC3)[C@H]12)OCCO4. The molecule has 3 heterocycles. The lowest BCUT2D eigenvalue weighted by Gasteiger charge is -2.46. The van der Waals surface area contributed by atoms with Gasteiger partial charge in [-0.25, -0.2) is 4.79 Å². The molecule has 0 aromatic carbocycles. The lowest BCUT2D eigenvalue weighted by atomic mass is 9.61. The Hall–Kier alpha value is -1.66. The molecule has 28 heavy (non-hydrogen) atoms. The molecule has 0 N–H and O–H groups in total. The fourth-order valence-electron chi connectivity index (χ4n) is 5.88. The molecule has 5 atom stereocenters. The number of rotatable bonds is 1. The van der Waals surface area contributed by atoms with E-state index in [-0.39, 0.29) is 35.7 Å². The zero-order valence-corrected chi connectivity index (χ0v) is 16.2. The summed E-state index contributed by atoms with van der Waals surface area (Å²) in [5.41, 5.74) is 1.17. The number of morpholine rings is 1. The highest BCUT2D eigenvalue weighted by molar-refractivity contribution is 5.81. The Kier molecular flexibility index (Phi) is 4.59. The molecule has 2 unspecified atom stereocenters. The third-order valence-electron chi connectivity index (χ3n) is 7.12. The summed E-state index contributed by atoms with van der Waals surface area (Å²) >= 11 is 0. The number of hydrogen-bond acceptors (Lipinski definition) is 6. The fourth-order valence-corrected chi connectivity index (χ4v) is 5.88. The molecule has 7 nitrogen and oxygen atoms in total. The molecular formula is C21H27NO6. The average molecular weight is 389 g/mol. The summed E-state index contributed by atoms with van der Waals surface area (Å²) < 4.78 is 23.1. The molecule has 152 valence electrons. The smallest absolute Gasteiger partial charge is 0.226 e. The van der Waals surface area contributed by atoms with E-state index in [9.17, 15) is 9.59 Å². The van der Waals surface area contributed by atoms with Crippen LogP contribution in [0.2, 0.25) is 0 Å². The normalized spacial score (nSPS) is 39.0. The summed E-state index contributed by atoms with van der Waals surface area (Å²) in [4.78, 5) is 27.1. The van der Waals surface area contributed by atoms with E-state index in [1.54, 1.807) is 0 Å². The van der Waals surface area contributed by atoms with Crippen molar-refractivity contribution < 1.29 is 28.5 Å². The average Bonchev–Trinajstić information content (AvgIpc) is 3.30. The largest absolute Gasteiger partial charge is 0.483 e. The third kappa shape index (κ3) is 2.84. The van der Waals surface area contributed by atoms with Crippen molar-refractivity contribution in [3.63, 3.8) is 0 Å². The van der Waals surface area contributed by atoms with Crippen LogP contribution in [0.3, 0.4) is 0 Å². The van der Waals surface area contributed by atoms with Gasteiger partial charge in [-0.15, -0.1) is 0 Å². The van der Waals surface area contributed by atoms with Gasteiger partial charge in [0.05, 0.1) is 38.3 Å². The summed E-state index contributed by atoms with van der Waals surface area (Å²) in [5.74, 6) is 1.66. The molecule has 7 heteroatoms. The van der Waals surface area contributed by atoms with E-state index in [2.05, 4.69) is 6.08 Å². The van der Waals surface area contributed by atoms with Crippen LogP contribution in [-0.4, -0.2) is 68.2 Å². The quantitative estimate of drug-likeness (QED) is 0.497. The van der Waals surface area contributed by atoms with Gasteiger partial charge in [0.15, 0.2) is 17.5 Å². The molecule has 1 spiro atoms. The van der Waals surface area contributed by atoms with E-state index in [0.717, 1.165) is 12.8 Å². The first kappa shape index (κ1) is 18.4. The molecule has 1 amide bonds. The Morgan fingerprint density at radius 2 is 1.96 bits per heavy atom. The second-order valence-electron chi connectivity index (χ2n) is 8.53. The van der Waals surface area contributed by atoms with Crippen LogP contribution >= 0.6 is 0 Å². The number of ether oxygens (including phenoxy) is 4. The molecule has 5 aliphatic rings. The minimum atomic E-state index is -0.558. The van der Waals surface area contributed by atoms with Gasteiger partial charge in [-0.2, -0.15) is 0 Å². The van der Waals surface area contributed by atoms with E-state index in [4.69, 9.17) is 18.9 Å². The molecule has 0 aromatic heterocycles. The van der Waals surface area contributed by atoms with Crippen LogP contribution in [0.25, 0.3) is 0 Å². The van der Waals surface area contributed by atoms with Crippen molar-refractivity contribution in [3.05, 3.63) is 17.4 Å². The van der Waals surface area contributed by atoms with Crippen LogP contribution in [-0.2, 0) is 28.5 Å². The summed E-state index contributed by atoms with van der Waals surface area (Å²) in [6, 6.07) is 0. The summed E-state index contributed by atoms with van der Waals surface area (Å²) in [6.45, 7) is 5.60. The number of carbonyl (C=O) groups is 1. The van der Waals surface area contributed by atoms with Crippen LogP contribution in [0.1, 0.15) is 26.2 Å². The van der Waals surface area contributed by atoms with Crippen LogP contribution < -0.4 is 0 Å². The maximum absolute atomic E-state index is 13.6. The highest BCUT2D eigenvalue weighted by Gasteiger charge is 2.56. The van der Waals surface area contributed by atoms with E-state index in [0.29, 0.717) is 51.7 Å². The standard InChI is InChI=1S/C21H27NO6/c1-13-18-16(17(12-23)28-13)10-14-11-21(26-8-9-27-21)3-2-15(14)19(18)20(24)22-4-6-25-7-5-22/h10,13,15-16,18-19H,2-9,11H2,1H3/t13?,15-,16?,18-,19+/m1/s1. The van der Waals surface area contributed by atoms with Crippen LogP contribution in [0, 0.1) is 23.7 Å². The molecular weight excluding hydrogens is 362 g/mol. The minimum Gasteiger partial charge on any atom is -0.483 e. The number of hydrogen-bond donors (Lipinski definition) is 0. The van der Waals surface area contributed by atoms with Gasteiger partial charge in [0, 0.05) is 31.8 Å². The Bertz CT molecular complexity index is 729. The Morgan fingerprint density at radius 1 is 1.21 bits per heavy atom. The zero-order valence-electron chi connectivity index (χ0n) is 16.2. The van der Waals surface area contributed by atoms with Crippen molar-refractivity contribution in [3.8, 4) is 0 Å². The van der Waals surface area contributed by atoms with E-state index < -0.39 is 5.79 Å². The second-order valence-corrected chi connectivity index (χ2v) is 8.53. The number of carbonyl (C=O) groups excluding carboxylic acids is 2. The topological polar surface area (TPSA) is 74.3 Å². The number of allylic oxidation sites excluding steroid dienone is 1. The number of fused-ring (bicyclic) bond motifs is 2. The predicted molar refractivity (Wildman–Crippen MR) is 97.7 cm³/mol. The number of nitrogens with zero attached hydrogens (tertiary/aromatic N) is 1. The van der Waals surface area contributed by atoms with Crippen LogP contribution in [0.4, 0.5) is 0 Å². The van der Waals surface area contributed by atoms with Gasteiger partial charge >= 0.3 is 0 Å². The first-order valence-electron chi connectivity index (χ1n) is 10.4. The minimum absolute atomic E-state index is 0.0278. The molecule has 3 saturated heterocycles. The van der Waals surface area contributed by atoms with Gasteiger partial charge < -0.3 is 23.8 Å². The van der Waals surface area contributed by atoms with Crippen molar-refractivity contribution in [1.29, 1.82) is 0 Å². The number of amides is 1. The molecule has 4 fully saturated rings. The van der Waals surface area contributed by atoms with Crippen LogP contribution in [0.5, 0.6) is 0 Å². The van der Waals surface area contributed by atoms with Gasteiger partial charge in [-0.05, 0) is 19.3 Å².